The standard InChI is InChI=1S/C25H48N4O6/c1-4-33-23(30)9-17-27-15-8-16-29(19-11-25(32)35-6-3)22-21-28(14-7-12-26-13-20-27)18-10-24(31)34-5-2/h26H,4-22H2,1-3H3. The van der Waals surface area contributed by atoms with Gasteiger partial charge in [-0.1, -0.05) is 0 Å². The normalized spacial score (nSPS) is 17.9. The van der Waals surface area contributed by atoms with Crippen LogP contribution in [0.25, 0.3) is 0 Å². The average molecular weight is 501 g/mol. The van der Waals surface area contributed by atoms with E-state index in [4.69, 9.17) is 14.2 Å². The van der Waals surface area contributed by atoms with E-state index in [1.165, 1.54) is 0 Å². The van der Waals surface area contributed by atoms with Gasteiger partial charge in [-0.15, -0.1) is 0 Å². The van der Waals surface area contributed by atoms with E-state index in [0.717, 1.165) is 65.2 Å². The van der Waals surface area contributed by atoms with Gasteiger partial charge in [0.25, 0.3) is 0 Å². The highest BCUT2D eigenvalue weighted by Crippen LogP contribution is 2.04. The van der Waals surface area contributed by atoms with Crippen molar-refractivity contribution in [2.75, 3.05) is 91.8 Å². The zero-order valence-corrected chi connectivity index (χ0v) is 22.2. The Kier molecular flexibility index (Phi) is 18.3. The van der Waals surface area contributed by atoms with Gasteiger partial charge < -0.3 is 34.2 Å². The van der Waals surface area contributed by atoms with Crippen LogP contribution in [0.4, 0.5) is 0 Å². The van der Waals surface area contributed by atoms with Crippen molar-refractivity contribution in [3.05, 3.63) is 0 Å². The predicted octanol–water partition coefficient (Wildman–Crippen LogP) is 1.14. The highest BCUT2D eigenvalue weighted by Gasteiger charge is 2.15. The van der Waals surface area contributed by atoms with Crippen molar-refractivity contribution < 1.29 is 28.6 Å². The van der Waals surface area contributed by atoms with E-state index in [2.05, 4.69) is 20.0 Å². The first-order valence-electron chi connectivity index (χ1n) is 13.3. The average Bonchev–Trinajstić information content (AvgIpc) is 2.83. The molecular weight excluding hydrogens is 452 g/mol. The summed E-state index contributed by atoms with van der Waals surface area (Å²) >= 11 is 0. The summed E-state index contributed by atoms with van der Waals surface area (Å²) < 4.78 is 15.3. The summed E-state index contributed by atoms with van der Waals surface area (Å²) in [6.07, 6.45) is 3.07. The molecule has 0 aromatic rings. The van der Waals surface area contributed by atoms with E-state index in [0.29, 0.717) is 58.7 Å². The first kappa shape index (κ1) is 31.3. The van der Waals surface area contributed by atoms with Crippen LogP contribution in [0, 0.1) is 0 Å². The summed E-state index contributed by atoms with van der Waals surface area (Å²) in [7, 11) is 0. The first-order chi connectivity index (χ1) is 17.0. The number of carbonyl (C=O) groups excluding carboxylic acids is 3. The Morgan fingerprint density at radius 1 is 0.571 bits per heavy atom. The molecule has 0 amide bonds. The van der Waals surface area contributed by atoms with Crippen LogP contribution >= 0.6 is 0 Å². The van der Waals surface area contributed by atoms with Crippen LogP contribution in [-0.2, 0) is 28.6 Å². The lowest BCUT2D eigenvalue weighted by atomic mass is 10.2. The maximum atomic E-state index is 11.9. The summed E-state index contributed by atoms with van der Waals surface area (Å²) in [5.41, 5.74) is 0. The molecule has 35 heavy (non-hydrogen) atoms. The molecule has 0 aromatic carbocycles. The van der Waals surface area contributed by atoms with Crippen LogP contribution in [0.2, 0.25) is 0 Å². The lowest BCUT2D eigenvalue weighted by Crippen LogP contribution is -2.41. The van der Waals surface area contributed by atoms with Crippen LogP contribution in [0.5, 0.6) is 0 Å². The lowest BCUT2D eigenvalue weighted by molar-refractivity contribution is -0.144. The number of nitrogens with zero attached hydrogens (tertiary/aromatic N) is 3. The lowest BCUT2D eigenvalue weighted by Gasteiger charge is -2.29. The highest BCUT2D eigenvalue weighted by molar-refractivity contribution is 5.70. The molecule has 10 nitrogen and oxygen atoms in total. The molecule has 1 N–H and O–H groups in total. The van der Waals surface area contributed by atoms with E-state index < -0.39 is 0 Å². The van der Waals surface area contributed by atoms with Crippen molar-refractivity contribution in [3.8, 4) is 0 Å². The Morgan fingerprint density at radius 2 is 0.971 bits per heavy atom. The van der Waals surface area contributed by atoms with Crippen molar-refractivity contribution in [1.82, 2.24) is 20.0 Å². The molecular formula is C25H48N4O6. The number of ether oxygens (including phenoxy) is 3. The van der Waals surface area contributed by atoms with E-state index in [9.17, 15) is 14.4 Å². The Labute approximate surface area is 211 Å². The van der Waals surface area contributed by atoms with E-state index in [1.807, 2.05) is 20.8 Å². The van der Waals surface area contributed by atoms with Crippen molar-refractivity contribution in [2.45, 2.75) is 52.9 Å². The molecule has 0 aliphatic carbocycles. The minimum atomic E-state index is -0.173. The maximum absolute atomic E-state index is 11.9. The summed E-state index contributed by atoms with van der Waals surface area (Å²) in [6, 6.07) is 0. The largest absolute Gasteiger partial charge is 0.466 e. The monoisotopic (exact) mass is 500 g/mol. The minimum absolute atomic E-state index is 0.154. The fourth-order valence-corrected chi connectivity index (χ4v) is 4.04. The topological polar surface area (TPSA) is 101 Å². The molecule has 0 atom stereocenters. The van der Waals surface area contributed by atoms with Crippen molar-refractivity contribution in [2.24, 2.45) is 0 Å². The van der Waals surface area contributed by atoms with Crippen LogP contribution < -0.4 is 5.32 Å². The molecule has 0 aromatic heterocycles. The van der Waals surface area contributed by atoms with Gasteiger partial charge in [-0.05, 0) is 59.8 Å². The smallest absolute Gasteiger partial charge is 0.307 e. The van der Waals surface area contributed by atoms with Gasteiger partial charge in [-0.3, -0.25) is 14.4 Å². The van der Waals surface area contributed by atoms with Crippen LogP contribution in [0.15, 0.2) is 0 Å². The number of esters is 3. The van der Waals surface area contributed by atoms with E-state index >= 15 is 0 Å². The van der Waals surface area contributed by atoms with Gasteiger partial charge in [0.05, 0.1) is 39.1 Å². The summed E-state index contributed by atoms with van der Waals surface area (Å²) in [5.74, 6) is -0.487. The molecule has 1 aliphatic rings. The third-order valence-electron chi connectivity index (χ3n) is 5.93. The first-order valence-corrected chi connectivity index (χ1v) is 13.3. The van der Waals surface area contributed by atoms with Gasteiger partial charge in [-0.25, -0.2) is 0 Å². The van der Waals surface area contributed by atoms with E-state index in [1.54, 1.807) is 0 Å². The number of hydrogen-bond acceptors (Lipinski definition) is 10. The SMILES string of the molecule is CCOC(=O)CCN1CCCN(CCC(=O)OCC)CCN(CCC(=O)OCC)CCCNCC1. The summed E-state index contributed by atoms with van der Waals surface area (Å²) in [5, 5.41) is 3.50. The molecule has 1 rings (SSSR count). The molecule has 1 saturated heterocycles. The predicted molar refractivity (Wildman–Crippen MR) is 135 cm³/mol. The molecule has 0 radical (unpaired) electrons. The van der Waals surface area contributed by atoms with Crippen LogP contribution in [0.1, 0.15) is 52.9 Å². The van der Waals surface area contributed by atoms with Crippen molar-refractivity contribution in [1.29, 1.82) is 0 Å². The third-order valence-corrected chi connectivity index (χ3v) is 5.93. The molecule has 1 heterocycles. The van der Waals surface area contributed by atoms with Crippen LogP contribution in [0.3, 0.4) is 0 Å². The molecule has 10 heteroatoms. The Balaban J connectivity index is 2.70. The second-order valence-electron chi connectivity index (χ2n) is 8.65. The molecule has 0 unspecified atom stereocenters. The minimum Gasteiger partial charge on any atom is -0.466 e. The van der Waals surface area contributed by atoms with Gasteiger partial charge in [0.15, 0.2) is 0 Å². The van der Waals surface area contributed by atoms with Gasteiger partial charge in [-0.2, -0.15) is 0 Å². The van der Waals surface area contributed by atoms with Gasteiger partial charge >= 0.3 is 17.9 Å². The van der Waals surface area contributed by atoms with Crippen LogP contribution in [-0.4, -0.2) is 124 Å². The highest BCUT2D eigenvalue weighted by atomic mass is 16.5. The molecule has 0 saturated carbocycles. The molecule has 1 fully saturated rings. The fraction of sp³-hybridized carbons (Fsp3) is 0.880. The second kappa shape index (κ2) is 20.4. The fourth-order valence-electron chi connectivity index (χ4n) is 4.04. The number of carbonyl (C=O) groups is 3. The molecule has 1 aliphatic heterocycles. The third kappa shape index (κ3) is 16.5. The van der Waals surface area contributed by atoms with Crippen molar-refractivity contribution >= 4 is 17.9 Å². The number of nitrogens with one attached hydrogen (secondary N) is 1. The number of hydrogen-bond donors (Lipinski definition) is 1. The summed E-state index contributed by atoms with van der Waals surface area (Å²) in [4.78, 5) is 42.5. The van der Waals surface area contributed by atoms with Gasteiger partial charge in [0, 0.05) is 45.8 Å². The Hall–Kier alpha value is -1.75. The Morgan fingerprint density at radius 3 is 1.40 bits per heavy atom. The Bertz CT molecular complexity index is 592. The second-order valence-corrected chi connectivity index (χ2v) is 8.65. The summed E-state index contributed by atoms with van der Waals surface area (Å²) in [6.45, 7) is 15.6. The van der Waals surface area contributed by atoms with Crippen molar-refractivity contribution in [3.63, 3.8) is 0 Å². The molecule has 0 bridgehead atoms. The quantitative estimate of drug-likeness (QED) is 0.310. The van der Waals surface area contributed by atoms with Gasteiger partial charge in [0.1, 0.15) is 0 Å². The van der Waals surface area contributed by atoms with E-state index in [-0.39, 0.29) is 17.9 Å². The van der Waals surface area contributed by atoms with Gasteiger partial charge in [0.2, 0.25) is 0 Å². The number of rotatable bonds is 12. The zero-order chi connectivity index (χ0) is 25.7. The molecule has 0 spiro atoms. The maximum Gasteiger partial charge on any atom is 0.307 e. The zero-order valence-electron chi connectivity index (χ0n) is 22.2. The molecule has 204 valence electrons.